The number of carbonyl (C=O) groups is 1. The molecular weight excluding hydrogens is 287 g/mol. The molecule has 100 valence electrons. The highest BCUT2D eigenvalue weighted by Crippen LogP contribution is 2.26. The Labute approximate surface area is 119 Å². The number of carbonyl (C=O) groups excluding carboxylic acids is 1. The van der Waals surface area contributed by atoms with Crippen LogP contribution in [0.25, 0.3) is 0 Å². The number of hydrogen-bond acceptors (Lipinski definition) is 3. The second kappa shape index (κ2) is 6.04. The van der Waals surface area contributed by atoms with Crippen LogP contribution in [0.5, 0.6) is 0 Å². The van der Waals surface area contributed by atoms with Crippen LogP contribution in [-0.4, -0.2) is 5.91 Å². The second-order valence-electron chi connectivity index (χ2n) is 3.92. The van der Waals surface area contributed by atoms with E-state index in [1.54, 1.807) is 6.07 Å². The summed E-state index contributed by atoms with van der Waals surface area (Å²) in [6, 6.07) is 6.03. The topological polar surface area (TPSA) is 41.1 Å². The molecule has 1 heterocycles. The zero-order valence-corrected chi connectivity index (χ0v) is 11.7. The molecule has 0 bridgehead atoms. The molecule has 2 N–H and O–H groups in total. The summed E-state index contributed by atoms with van der Waals surface area (Å²) in [5, 5.41) is 8.10. The normalized spacial score (nSPS) is 10.3. The van der Waals surface area contributed by atoms with Gasteiger partial charge in [0.15, 0.2) is 0 Å². The molecule has 0 fully saturated rings. The van der Waals surface area contributed by atoms with Gasteiger partial charge in [-0.3, -0.25) is 4.79 Å². The maximum Gasteiger partial charge on any atom is 0.221 e. The van der Waals surface area contributed by atoms with Gasteiger partial charge >= 0.3 is 0 Å². The average molecular weight is 299 g/mol. The zero-order valence-electron chi connectivity index (χ0n) is 10.2. The molecule has 19 heavy (non-hydrogen) atoms. The van der Waals surface area contributed by atoms with Crippen LogP contribution in [0, 0.1) is 5.82 Å². The number of amides is 1. The number of nitrogens with one attached hydrogen (secondary N) is 2. The lowest BCUT2D eigenvalue weighted by Gasteiger charge is -2.09. The van der Waals surface area contributed by atoms with Crippen molar-refractivity contribution in [3.63, 3.8) is 0 Å². The highest BCUT2D eigenvalue weighted by atomic mass is 35.5. The van der Waals surface area contributed by atoms with Crippen molar-refractivity contribution in [3.8, 4) is 0 Å². The molecule has 0 spiro atoms. The van der Waals surface area contributed by atoms with E-state index in [1.807, 2.05) is 11.4 Å². The Morgan fingerprint density at radius 3 is 2.84 bits per heavy atom. The van der Waals surface area contributed by atoms with Gasteiger partial charge < -0.3 is 10.6 Å². The first kappa shape index (κ1) is 13.8. The molecule has 1 aromatic heterocycles. The molecule has 0 atom stereocenters. The third kappa shape index (κ3) is 3.68. The van der Waals surface area contributed by atoms with Gasteiger partial charge in [-0.25, -0.2) is 4.39 Å². The highest BCUT2D eigenvalue weighted by Gasteiger charge is 2.07. The first-order chi connectivity index (χ1) is 9.06. The second-order valence-corrected chi connectivity index (χ2v) is 5.32. The Balaban J connectivity index is 2.06. The van der Waals surface area contributed by atoms with Crippen molar-refractivity contribution in [2.45, 2.75) is 13.5 Å². The van der Waals surface area contributed by atoms with Crippen LogP contribution in [0.15, 0.2) is 29.6 Å². The number of anilines is 2. The third-order valence-corrected chi connectivity index (χ3v) is 3.66. The van der Waals surface area contributed by atoms with Gasteiger partial charge in [-0.05, 0) is 29.6 Å². The lowest BCUT2D eigenvalue weighted by Crippen LogP contribution is -2.08. The van der Waals surface area contributed by atoms with Crippen molar-refractivity contribution in [2.75, 3.05) is 10.6 Å². The quantitative estimate of drug-likeness (QED) is 0.892. The summed E-state index contributed by atoms with van der Waals surface area (Å²) in [7, 11) is 0. The van der Waals surface area contributed by atoms with E-state index in [9.17, 15) is 9.18 Å². The van der Waals surface area contributed by atoms with Crippen molar-refractivity contribution in [3.05, 3.63) is 45.4 Å². The fourth-order valence-corrected chi connectivity index (χ4v) is 2.59. The van der Waals surface area contributed by atoms with Crippen LogP contribution >= 0.6 is 22.9 Å². The van der Waals surface area contributed by atoms with Gasteiger partial charge in [-0.15, -0.1) is 11.3 Å². The minimum absolute atomic E-state index is 0.112. The fraction of sp³-hybridized carbons (Fsp3) is 0.154. The summed E-state index contributed by atoms with van der Waals surface area (Å²) in [6.45, 7) is 1.98. The molecule has 0 aliphatic carbocycles. The Bertz CT molecular complexity index is 600. The predicted octanol–water partition coefficient (Wildman–Crippen LogP) is 4.11. The molecular formula is C13H12ClFN2OS. The minimum Gasteiger partial charge on any atom is -0.379 e. The van der Waals surface area contributed by atoms with Crippen LogP contribution < -0.4 is 10.6 Å². The van der Waals surface area contributed by atoms with E-state index < -0.39 is 0 Å². The molecule has 1 amide bonds. The number of rotatable bonds is 4. The molecule has 1 aromatic carbocycles. The highest BCUT2D eigenvalue weighted by molar-refractivity contribution is 7.10. The van der Waals surface area contributed by atoms with E-state index in [2.05, 4.69) is 10.6 Å². The molecule has 3 nitrogen and oxygen atoms in total. The van der Waals surface area contributed by atoms with Gasteiger partial charge in [0.25, 0.3) is 0 Å². The fourth-order valence-electron chi connectivity index (χ4n) is 1.59. The molecule has 2 rings (SSSR count). The molecule has 0 saturated carbocycles. The minimum atomic E-state index is -0.370. The van der Waals surface area contributed by atoms with Crippen molar-refractivity contribution in [1.82, 2.24) is 0 Å². The van der Waals surface area contributed by atoms with Gasteiger partial charge in [-0.2, -0.15) is 0 Å². The molecule has 0 radical (unpaired) electrons. The molecule has 2 aromatic rings. The lowest BCUT2D eigenvalue weighted by molar-refractivity contribution is -0.114. The van der Waals surface area contributed by atoms with Crippen LogP contribution in [0.3, 0.4) is 0 Å². The lowest BCUT2D eigenvalue weighted by atomic mass is 10.3. The molecule has 0 aliphatic heterocycles. The average Bonchev–Trinajstić information content (AvgIpc) is 2.74. The van der Waals surface area contributed by atoms with Crippen molar-refractivity contribution in [1.29, 1.82) is 0 Å². The van der Waals surface area contributed by atoms with E-state index in [1.165, 1.54) is 30.4 Å². The number of thiophene rings is 1. The van der Waals surface area contributed by atoms with E-state index in [4.69, 9.17) is 11.6 Å². The summed E-state index contributed by atoms with van der Waals surface area (Å²) in [6.07, 6.45) is 0. The summed E-state index contributed by atoms with van der Waals surface area (Å²) >= 11 is 7.45. The standard InChI is InChI=1S/C13H12ClFN2OS/c1-8(18)17-12-4-5-19-13(12)7-16-11-3-2-9(15)6-10(11)14/h2-6,16H,7H2,1H3,(H,17,18). The van der Waals surface area contributed by atoms with Crippen LogP contribution in [0.1, 0.15) is 11.8 Å². The number of hydrogen-bond donors (Lipinski definition) is 2. The Hall–Kier alpha value is -1.59. The Kier molecular flexibility index (Phi) is 4.39. The molecule has 0 saturated heterocycles. The number of halogens is 2. The van der Waals surface area contributed by atoms with Crippen molar-refractivity contribution in [2.24, 2.45) is 0 Å². The van der Waals surface area contributed by atoms with E-state index in [0.717, 1.165) is 10.6 Å². The zero-order chi connectivity index (χ0) is 13.8. The first-order valence-corrected chi connectivity index (χ1v) is 6.85. The summed E-state index contributed by atoms with van der Waals surface area (Å²) in [5.74, 6) is -0.481. The van der Waals surface area contributed by atoms with Gasteiger partial charge in [-0.1, -0.05) is 11.6 Å². The molecule has 0 unspecified atom stereocenters. The Morgan fingerprint density at radius 2 is 2.16 bits per heavy atom. The van der Waals surface area contributed by atoms with Crippen LogP contribution in [0.4, 0.5) is 15.8 Å². The van der Waals surface area contributed by atoms with Gasteiger partial charge in [0.1, 0.15) is 5.82 Å². The first-order valence-electron chi connectivity index (χ1n) is 5.59. The van der Waals surface area contributed by atoms with E-state index in [-0.39, 0.29) is 11.7 Å². The van der Waals surface area contributed by atoms with Crippen molar-refractivity contribution < 1.29 is 9.18 Å². The Morgan fingerprint density at radius 1 is 1.37 bits per heavy atom. The smallest absolute Gasteiger partial charge is 0.221 e. The molecule has 0 aliphatic rings. The van der Waals surface area contributed by atoms with Gasteiger partial charge in [0.05, 0.1) is 22.9 Å². The molecule has 6 heteroatoms. The maximum absolute atomic E-state index is 12.9. The number of benzene rings is 1. The van der Waals surface area contributed by atoms with Gasteiger partial charge in [0.2, 0.25) is 5.91 Å². The van der Waals surface area contributed by atoms with Crippen LogP contribution in [-0.2, 0) is 11.3 Å². The summed E-state index contributed by atoms with van der Waals surface area (Å²) in [4.78, 5) is 12.0. The summed E-state index contributed by atoms with van der Waals surface area (Å²) < 4.78 is 12.9. The third-order valence-electron chi connectivity index (χ3n) is 2.43. The SMILES string of the molecule is CC(=O)Nc1ccsc1CNc1ccc(F)cc1Cl. The monoisotopic (exact) mass is 298 g/mol. The maximum atomic E-state index is 12.9. The van der Waals surface area contributed by atoms with E-state index in [0.29, 0.717) is 17.3 Å². The van der Waals surface area contributed by atoms with Gasteiger partial charge in [0, 0.05) is 11.8 Å². The predicted molar refractivity (Wildman–Crippen MR) is 77.4 cm³/mol. The van der Waals surface area contributed by atoms with Crippen molar-refractivity contribution >= 4 is 40.2 Å². The largest absolute Gasteiger partial charge is 0.379 e. The summed E-state index contributed by atoms with van der Waals surface area (Å²) in [5.41, 5.74) is 1.44. The van der Waals surface area contributed by atoms with E-state index >= 15 is 0 Å². The van der Waals surface area contributed by atoms with Crippen LogP contribution in [0.2, 0.25) is 5.02 Å².